The Morgan fingerprint density at radius 1 is 0.783 bits per heavy atom. The summed E-state index contributed by atoms with van der Waals surface area (Å²) in [7, 11) is 0. The zero-order valence-corrected chi connectivity index (χ0v) is 10.7. The fourth-order valence-electron chi connectivity index (χ4n) is 1.47. The summed E-state index contributed by atoms with van der Waals surface area (Å²) in [5, 5.41) is 1.54. The van der Waals surface area contributed by atoms with E-state index in [2.05, 4.69) is 4.99 Å². The lowest BCUT2D eigenvalue weighted by Crippen LogP contribution is -2.67. The minimum absolute atomic E-state index is 0.0860. The van der Waals surface area contributed by atoms with E-state index in [0.29, 0.717) is 6.21 Å². The first-order valence-electron chi connectivity index (χ1n) is 5.63. The van der Waals surface area contributed by atoms with E-state index in [9.17, 15) is 48.3 Å². The van der Waals surface area contributed by atoms with Gasteiger partial charge in [0.25, 0.3) is 0 Å². The van der Waals surface area contributed by atoms with Crippen molar-refractivity contribution in [2.45, 2.75) is 29.9 Å². The van der Waals surface area contributed by atoms with E-state index in [1.165, 1.54) is 5.32 Å². The summed E-state index contributed by atoms with van der Waals surface area (Å²) in [5.74, 6) is -27.9. The molecule has 0 aliphatic carbocycles. The van der Waals surface area contributed by atoms with E-state index in [-0.39, 0.29) is 12.6 Å². The number of alkyl halides is 11. The van der Waals surface area contributed by atoms with Gasteiger partial charge in [0.2, 0.25) is 0 Å². The van der Waals surface area contributed by atoms with E-state index in [1.54, 1.807) is 0 Å². The molecule has 2 nitrogen and oxygen atoms in total. The lowest BCUT2D eigenvalue weighted by atomic mass is 9.96. The molecule has 0 bridgehead atoms. The Morgan fingerprint density at radius 3 is 1.78 bits per heavy atom. The van der Waals surface area contributed by atoms with Crippen LogP contribution in [0.1, 0.15) is 0 Å². The summed E-state index contributed by atoms with van der Waals surface area (Å²) in [6.45, 7) is -0.786. The third kappa shape index (κ3) is 2.84. The first kappa shape index (κ1) is 19.5. The van der Waals surface area contributed by atoms with Crippen molar-refractivity contribution in [1.82, 2.24) is 5.32 Å². The first-order valence-corrected chi connectivity index (χ1v) is 5.63. The highest BCUT2D eigenvalue weighted by Gasteiger charge is 2.87. The SMILES string of the molecule is FC(F)(F)C(F)(F)C(F)(F)C(F)(F)C(F)(F)C1=CC=NCCN1. The first-order chi connectivity index (χ1) is 10.1. The average molecular weight is 364 g/mol. The van der Waals surface area contributed by atoms with Crippen molar-refractivity contribution in [2.75, 3.05) is 13.1 Å². The number of hydrogen-bond acceptors (Lipinski definition) is 2. The minimum atomic E-state index is -7.41. The van der Waals surface area contributed by atoms with Crippen LogP contribution in [-0.2, 0) is 0 Å². The summed E-state index contributed by atoms with van der Waals surface area (Å²) in [5.41, 5.74) is -1.96. The highest BCUT2D eigenvalue weighted by Crippen LogP contribution is 2.58. The second kappa shape index (κ2) is 5.51. The molecule has 1 rings (SSSR count). The molecule has 0 aromatic heterocycles. The van der Waals surface area contributed by atoms with Gasteiger partial charge in [-0.25, -0.2) is 0 Å². The Morgan fingerprint density at radius 2 is 1.30 bits per heavy atom. The molecule has 0 aromatic rings. The van der Waals surface area contributed by atoms with Gasteiger partial charge in [0, 0.05) is 12.8 Å². The Hall–Kier alpha value is -1.56. The van der Waals surface area contributed by atoms with Crippen molar-refractivity contribution < 1.29 is 48.3 Å². The molecule has 0 saturated carbocycles. The molecule has 0 aromatic carbocycles. The normalized spacial score (nSPS) is 18.3. The van der Waals surface area contributed by atoms with Gasteiger partial charge >= 0.3 is 29.9 Å². The summed E-state index contributed by atoms with van der Waals surface area (Å²) in [6, 6.07) is 0. The van der Waals surface area contributed by atoms with Crippen LogP contribution in [-0.4, -0.2) is 49.2 Å². The van der Waals surface area contributed by atoms with Crippen LogP contribution in [0.4, 0.5) is 48.3 Å². The number of aliphatic imine (C=N–C) groups is 1. The molecule has 0 unspecified atom stereocenters. The van der Waals surface area contributed by atoms with E-state index in [0.717, 1.165) is 0 Å². The Balaban J connectivity index is 3.37. The van der Waals surface area contributed by atoms with E-state index in [1.807, 2.05) is 0 Å². The van der Waals surface area contributed by atoms with Crippen molar-refractivity contribution in [3.63, 3.8) is 0 Å². The number of hydrogen-bond donors (Lipinski definition) is 1. The monoisotopic (exact) mass is 364 g/mol. The Labute approximate surface area is 121 Å². The van der Waals surface area contributed by atoms with Gasteiger partial charge in [-0.1, -0.05) is 0 Å². The fourth-order valence-corrected chi connectivity index (χ4v) is 1.47. The number of halogens is 11. The van der Waals surface area contributed by atoms with Gasteiger partial charge < -0.3 is 5.32 Å². The molecule has 1 aliphatic heterocycles. The predicted molar refractivity (Wildman–Crippen MR) is 55.3 cm³/mol. The maximum Gasteiger partial charge on any atom is 0.460 e. The van der Waals surface area contributed by atoms with Crippen LogP contribution in [0.5, 0.6) is 0 Å². The molecule has 0 spiro atoms. The molecule has 1 heterocycles. The van der Waals surface area contributed by atoms with Gasteiger partial charge in [-0.3, -0.25) is 4.99 Å². The van der Waals surface area contributed by atoms with Gasteiger partial charge in [0.1, 0.15) is 0 Å². The van der Waals surface area contributed by atoms with Gasteiger partial charge in [0.05, 0.1) is 12.2 Å². The van der Waals surface area contributed by atoms with Crippen LogP contribution in [0.25, 0.3) is 0 Å². The third-order valence-corrected chi connectivity index (χ3v) is 2.78. The predicted octanol–water partition coefficient (Wildman–Crippen LogP) is 3.65. The van der Waals surface area contributed by atoms with Crippen molar-refractivity contribution in [3.05, 3.63) is 11.8 Å². The summed E-state index contributed by atoms with van der Waals surface area (Å²) < 4.78 is 141. The van der Waals surface area contributed by atoms with Crippen molar-refractivity contribution in [2.24, 2.45) is 4.99 Å². The van der Waals surface area contributed by atoms with E-state index in [4.69, 9.17) is 0 Å². The topological polar surface area (TPSA) is 24.4 Å². The third-order valence-electron chi connectivity index (χ3n) is 2.78. The molecule has 0 radical (unpaired) electrons. The summed E-state index contributed by atoms with van der Waals surface area (Å²) >= 11 is 0. The lowest BCUT2D eigenvalue weighted by molar-refractivity contribution is -0.418. The standard InChI is InChI=1S/C10H7F11N2/c11-6(12,5-1-2-22-3-4-23-5)7(13,14)8(15,16)9(17,18)10(19,20)21/h1-2,23H,3-4H2. The minimum Gasteiger partial charge on any atom is -0.381 e. The van der Waals surface area contributed by atoms with Crippen molar-refractivity contribution in [1.29, 1.82) is 0 Å². The molecule has 13 heteroatoms. The smallest absolute Gasteiger partial charge is 0.381 e. The van der Waals surface area contributed by atoms with Crippen molar-refractivity contribution in [3.8, 4) is 0 Å². The molecule has 1 aliphatic rings. The molecule has 1 N–H and O–H groups in total. The van der Waals surface area contributed by atoms with Crippen LogP contribution in [0.3, 0.4) is 0 Å². The van der Waals surface area contributed by atoms with Crippen LogP contribution in [0.2, 0.25) is 0 Å². The van der Waals surface area contributed by atoms with Gasteiger partial charge in [0.15, 0.2) is 0 Å². The number of allylic oxidation sites excluding steroid dienone is 2. The highest BCUT2D eigenvalue weighted by atomic mass is 19.4. The number of nitrogens with zero attached hydrogens (tertiary/aromatic N) is 1. The summed E-state index contributed by atoms with van der Waals surface area (Å²) in [4.78, 5) is 3.31. The molecule has 0 fully saturated rings. The number of nitrogens with one attached hydrogen (secondary N) is 1. The molecule has 134 valence electrons. The lowest BCUT2D eigenvalue weighted by Gasteiger charge is -2.38. The van der Waals surface area contributed by atoms with Gasteiger partial charge in [-0.2, -0.15) is 48.3 Å². The van der Waals surface area contributed by atoms with Gasteiger partial charge in [-0.05, 0) is 6.08 Å². The quantitative estimate of drug-likeness (QED) is 0.757. The molecule has 0 saturated heterocycles. The van der Waals surface area contributed by atoms with E-state index >= 15 is 0 Å². The molecular weight excluding hydrogens is 357 g/mol. The highest BCUT2D eigenvalue weighted by molar-refractivity contribution is 5.73. The van der Waals surface area contributed by atoms with Crippen LogP contribution in [0, 0.1) is 0 Å². The average Bonchev–Trinajstić information content (AvgIpc) is 2.65. The molecule has 0 atom stereocenters. The van der Waals surface area contributed by atoms with Crippen LogP contribution >= 0.6 is 0 Å². The summed E-state index contributed by atoms with van der Waals surface area (Å²) in [6.07, 6.45) is -6.58. The number of rotatable bonds is 4. The second-order valence-electron chi connectivity index (χ2n) is 4.36. The fraction of sp³-hybridized carbons (Fsp3) is 0.700. The molecular formula is C10H7F11N2. The maximum absolute atomic E-state index is 13.6. The van der Waals surface area contributed by atoms with Crippen LogP contribution < -0.4 is 5.32 Å². The van der Waals surface area contributed by atoms with Gasteiger partial charge in [-0.15, -0.1) is 0 Å². The zero-order valence-electron chi connectivity index (χ0n) is 10.7. The Bertz CT molecular complexity index is 503. The zero-order chi connectivity index (χ0) is 18.3. The molecule has 0 amide bonds. The Kier molecular flexibility index (Phi) is 4.67. The second-order valence-corrected chi connectivity index (χ2v) is 4.36. The van der Waals surface area contributed by atoms with Crippen LogP contribution in [0.15, 0.2) is 16.8 Å². The van der Waals surface area contributed by atoms with E-state index < -0.39 is 42.1 Å². The maximum atomic E-state index is 13.6. The largest absolute Gasteiger partial charge is 0.460 e. The van der Waals surface area contributed by atoms with Crippen molar-refractivity contribution >= 4 is 6.21 Å². The molecule has 23 heavy (non-hydrogen) atoms.